The summed E-state index contributed by atoms with van der Waals surface area (Å²) < 4.78 is 6.49. The lowest BCUT2D eigenvalue weighted by Gasteiger charge is -2.53. The Morgan fingerprint density at radius 3 is 2.56 bits per heavy atom. The molecule has 1 spiro atoms. The standard InChI is InChI=1S/C16H29NO/c1-2-12-6-5-7-13(10-12)18-15-11-14(17)16(15)8-3-4-9-16/h12-15H,2-11,17H2,1H3. The zero-order valence-corrected chi connectivity index (χ0v) is 11.9. The van der Waals surface area contributed by atoms with Gasteiger partial charge >= 0.3 is 0 Å². The molecule has 104 valence electrons. The van der Waals surface area contributed by atoms with E-state index in [-0.39, 0.29) is 0 Å². The van der Waals surface area contributed by atoms with Gasteiger partial charge in [0.05, 0.1) is 12.2 Å². The van der Waals surface area contributed by atoms with Gasteiger partial charge in [0.1, 0.15) is 0 Å². The van der Waals surface area contributed by atoms with E-state index < -0.39 is 0 Å². The average Bonchev–Trinajstić information content (AvgIpc) is 2.91. The molecule has 2 heteroatoms. The number of rotatable bonds is 3. The number of hydrogen-bond acceptors (Lipinski definition) is 2. The zero-order chi connectivity index (χ0) is 12.6. The molecule has 0 radical (unpaired) electrons. The molecular formula is C16H29NO. The van der Waals surface area contributed by atoms with E-state index >= 15 is 0 Å². The molecular weight excluding hydrogens is 222 g/mol. The summed E-state index contributed by atoms with van der Waals surface area (Å²) >= 11 is 0. The van der Waals surface area contributed by atoms with Crippen LogP contribution in [0, 0.1) is 11.3 Å². The predicted octanol–water partition coefficient (Wildman–Crippen LogP) is 3.63. The molecule has 3 rings (SSSR count). The van der Waals surface area contributed by atoms with Crippen molar-refractivity contribution in [2.75, 3.05) is 0 Å². The van der Waals surface area contributed by atoms with Gasteiger partial charge in [-0.2, -0.15) is 0 Å². The highest BCUT2D eigenvalue weighted by atomic mass is 16.5. The Bertz CT molecular complexity index is 285. The van der Waals surface area contributed by atoms with E-state index in [1.165, 1.54) is 57.8 Å². The van der Waals surface area contributed by atoms with E-state index in [0.717, 1.165) is 12.3 Å². The third-order valence-corrected chi connectivity index (χ3v) is 6.05. The molecule has 2 N–H and O–H groups in total. The lowest BCUT2D eigenvalue weighted by atomic mass is 9.61. The summed E-state index contributed by atoms with van der Waals surface area (Å²) in [5, 5.41) is 0. The lowest BCUT2D eigenvalue weighted by molar-refractivity contribution is -0.162. The van der Waals surface area contributed by atoms with Gasteiger partial charge in [-0.1, -0.05) is 39.0 Å². The Hall–Kier alpha value is -0.0800. The van der Waals surface area contributed by atoms with Crippen LogP contribution >= 0.6 is 0 Å². The second-order valence-electron chi connectivity index (χ2n) is 6.97. The van der Waals surface area contributed by atoms with Crippen molar-refractivity contribution in [3.8, 4) is 0 Å². The molecule has 0 aromatic carbocycles. The van der Waals surface area contributed by atoms with Crippen LogP contribution in [0.5, 0.6) is 0 Å². The van der Waals surface area contributed by atoms with E-state index in [9.17, 15) is 0 Å². The fourth-order valence-electron chi connectivity index (χ4n) is 4.66. The maximum absolute atomic E-state index is 6.49. The highest BCUT2D eigenvalue weighted by Crippen LogP contribution is 2.54. The summed E-state index contributed by atoms with van der Waals surface area (Å²) in [5.41, 5.74) is 6.68. The number of hydrogen-bond donors (Lipinski definition) is 1. The molecule has 2 nitrogen and oxygen atoms in total. The Kier molecular flexibility index (Phi) is 3.68. The molecule has 18 heavy (non-hydrogen) atoms. The zero-order valence-electron chi connectivity index (χ0n) is 11.9. The van der Waals surface area contributed by atoms with Crippen molar-refractivity contribution in [1.82, 2.24) is 0 Å². The average molecular weight is 251 g/mol. The van der Waals surface area contributed by atoms with Crippen LogP contribution in [0.25, 0.3) is 0 Å². The first-order valence-corrected chi connectivity index (χ1v) is 8.15. The first-order valence-electron chi connectivity index (χ1n) is 8.15. The molecule has 0 aliphatic heterocycles. The van der Waals surface area contributed by atoms with Gasteiger partial charge in [-0.3, -0.25) is 0 Å². The lowest BCUT2D eigenvalue weighted by Crippen LogP contribution is -2.61. The van der Waals surface area contributed by atoms with Crippen molar-refractivity contribution >= 4 is 0 Å². The predicted molar refractivity (Wildman–Crippen MR) is 74.4 cm³/mol. The Balaban J connectivity index is 1.56. The second-order valence-corrected chi connectivity index (χ2v) is 6.97. The molecule has 3 fully saturated rings. The van der Waals surface area contributed by atoms with E-state index in [1.807, 2.05) is 0 Å². The van der Waals surface area contributed by atoms with Crippen molar-refractivity contribution in [3.05, 3.63) is 0 Å². The van der Waals surface area contributed by atoms with Gasteiger partial charge in [0.2, 0.25) is 0 Å². The van der Waals surface area contributed by atoms with Crippen LogP contribution in [0.3, 0.4) is 0 Å². The van der Waals surface area contributed by atoms with Gasteiger partial charge in [-0.25, -0.2) is 0 Å². The summed E-state index contributed by atoms with van der Waals surface area (Å²) in [7, 11) is 0. The smallest absolute Gasteiger partial charge is 0.0664 e. The molecule has 0 aromatic rings. The van der Waals surface area contributed by atoms with Crippen LogP contribution in [0.15, 0.2) is 0 Å². The molecule has 0 heterocycles. The topological polar surface area (TPSA) is 35.2 Å². The number of ether oxygens (including phenoxy) is 1. The summed E-state index contributed by atoms with van der Waals surface area (Å²) in [4.78, 5) is 0. The van der Waals surface area contributed by atoms with E-state index in [1.54, 1.807) is 0 Å². The summed E-state index contributed by atoms with van der Waals surface area (Å²) in [6.45, 7) is 2.32. The molecule has 3 aliphatic carbocycles. The highest BCUT2D eigenvalue weighted by molar-refractivity contribution is 5.09. The minimum absolute atomic E-state index is 0.388. The quantitative estimate of drug-likeness (QED) is 0.831. The Morgan fingerprint density at radius 1 is 1.11 bits per heavy atom. The van der Waals surface area contributed by atoms with Crippen molar-refractivity contribution in [1.29, 1.82) is 0 Å². The molecule has 0 bridgehead atoms. The minimum atomic E-state index is 0.388. The molecule has 0 amide bonds. The summed E-state index contributed by atoms with van der Waals surface area (Å²) in [6, 6.07) is 0.426. The SMILES string of the molecule is CCC1CCCC(OC2CC(N)C23CCCC3)C1. The van der Waals surface area contributed by atoms with Crippen molar-refractivity contribution < 1.29 is 4.74 Å². The van der Waals surface area contributed by atoms with Crippen LogP contribution in [0.4, 0.5) is 0 Å². The van der Waals surface area contributed by atoms with Gasteiger partial charge in [0.15, 0.2) is 0 Å². The van der Waals surface area contributed by atoms with Crippen LogP contribution in [-0.2, 0) is 4.74 Å². The molecule has 4 unspecified atom stereocenters. The monoisotopic (exact) mass is 251 g/mol. The molecule has 0 saturated heterocycles. The van der Waals surface area contributed by atoms with Crippen molar-refractivity contribution in [2.45, 2.75) is 89.4 Å². The fraction of sp³-hybridized carbons (Fsp3) is 1.00. The third-order valence-electron chi connectivity index (χ3n) is 6.05. The Morgan fingerprint density at radius 2 is 1.89 bits per heavy atom. The summed E-state index contributed by atoms with van der Waals surface area (Å²) in [5.74, 6) is 0.914. The van der Waals surface area contributed by atoms with Gasteiger partial charge in [-0.15, -0.1) is 0 Å². The summed E-state index contributed by atoms with van der Waals surface area (Å²) in [6.07, 6.45) is 14.3. The maximum Gasteiger partial charge on any atom is 0.0664 e. The second kappa shape index (κ2) is 5.13. The molecule has 3 saturated carbocycles. The van der Waals surface area contributed by atoms with Crippen LogP contribution in [-0.4, -0.2) is 18.2 Å². The third kappa shape index (κ3) is 2.12. The molecule has 4 atom stereocenters. The van der Waals surface area contributed by atoms with Gasteiger partial charge < -0.3 is 10.5 Å². The number of nitrogens with two attached hydrogens (primary N) is 1. The van der Waals surface area contributed by atoms with Crippen molar-refractivity contribution in [2.24, 2.45) is 17.1 Å². The van der Waals surface area contributed by atoms with Crippen LogP contribution in [0.1, 0.15) is 71.1 Å². The van der Waals surface area contributed by atoms with E-state index in [2.05, 4.69) is 6.92 Å². The van der Waals surface area contributed by atoms with E-state index in [4.69, 9.17) is 10.5 Å². The molecule has 3 aliphatic rings. The first-order chi connectivity index (χ1) is 8.74. The van der Waals surface area contributed by atoms with Crippen LogP contribution < -0.4 is 5.73 Å². The largest absolute Gasteiger partial charge is 0.374 e. The highest BCUT2D eigenvalue weighted by Gasteiger charge is 2.55. The molecule has 0 aromatic heterocycles. The first kappa shape index (κ1) is 12.9. The van der Waals surface area contributed by atoms with E-state index in [0.29, 0.717) is 23.7 Å². The van der Waals surface area contributed by atoms with Gasteiger partial charge in [0.25, 0.3) is 0 Å². The minimum Gasteiger partial charge on any atom is -0.374 e. The van der Waals surface area contributed by atoms with Crippen LogP contribution in [0.2, 0.25) is 0 Å². The fourth-order valence-corrected chi connectivity index (χ4v) is 4.66. The normalized spacial score (nSPS) is 43.0. The van der Waals surface area contributed by atoms with Gasteiger partial charge in [0, 0.05) is 11.5 Å². The Labute approximate surface area is 112 Å². The maximum atomic E-state index is 6.49. The van der Waals surface area contributed by atoms with Crippen molar-refractivity contribution in [3.63, 3.8) is 0 Å². The van der Waals surface area contributed by atoms with Gasteiger partial charge in [-0.05, 0) is 38.0 Å².